The summed E-state index contributed by atoms with van der Waals surface area (Å²) in [5.74, 6) is 0.251. The molecule has 0 radical (unpaired) electrons. The van der Waals surface area contributed by atoms with Crippen LogP contribution in [0.4, 0.5) is 11.4 Å². The second-order valence-electron chi connectivity index (χ2n) is 7.03. The Bertz CT molecular complexity index is 1060. The third kappa shape index (κ3) is 4.61. The van der Waals surface area contributed by atoms with E-state index in [0.29, 0.717) is 12.2 Å². The number of hydrogen-bond donors (Lipinski definition) is 2. The minimum absolute atomic E-state index is 0.251. The van der Waals surface area contributed by atoms with Gasteiger partial charge < -0.3 is 5.32 Å². The number of hydrogen-bond acceptors (Lipinski definition) is 5. The molecule has 0 amide bonds. The molecule has 2 heterocycles. The second kappa shape index (κ2) is 7.62. The molecular formula is C20H24N4O2S. The number of nitrogens with one attached hydrogen (secondary N) is 2. The lowest BCUT2D eigenvalue weighted by Crippen LogP contribution is -2.27. The first-order valence-electron chi connectivity index (χ1n) is 8.86. The van der Waals surface area contributed by atoms with Gasteiger partial charge in [0.05, 0.1) is 10.6 Å². The van der Waals surface area contributed by atoms with Crippen LogP contribution >= 0.6 is 0 Å². The maximum absolute atomic E-state index is 12.3. The van der Waals surface area contributed by atoms with Crippen molar-refractivity contribution < 1.29 is 8.42 Å². The molecule has 27 heavy (non-hydrogen) atoms. The van der Waals surface area contributed by atoms with Gasteiger partial charge in [-0.2, -0.15) is 0 Å². The first-order valence-corrected chi connectivity index (χ1v) is 10.3. The van der Waals surface area contributed by atoms with Crippen LogP contribution in [-0.4, -0.2) is 24.9 Å². The molecule has 3 rings (SSSR count). The van der Waals surface area contributed by atoms with Crippen molar-refractivity contribution in [3.8, 4) is 0 Å². The summed E-state index contributed by atoms with van der Waals surface area (Å²) in [6.45, 7) is 8.20. The minimum Gasteiger partial charge on any atom is -0.355 e. The number of rotatable bonds is 6. The maximum atomic E-state index is 12.3. The highest BCUT2D eigenvalue weighted by Gasteiger charge is 2.14. The summed E-state index contributed by atoms with van der Waals surface area (Å²) >= 11 is 0. The van der Waals surface area contributed by atoms with E-state index in [9.17, 15) is 8.42 Å². The van der Waals surface area contributed by atoms with Crippen molar-refractivity contribution in [1.82, 2.24) is 14.7 Å². The fourth-order valence-electron chi connectivity index (χ4n) is 2.66. The van der Waals surface area contributed by atoms with Crippen LogP contribution in [0.3, 0.4) is 0 Å². The first-order chi connectivity index (χ1) is 12.7. The summed E-state index contributed by atoms with van der Waals surface area (Å²) in [4.78, 5) is 9.21. The molecule has 0 saturated heterocycles. The number of pyridine rings is 2. The Morgan fingerprint density at radius 1 is 0.963 bits per heavy atom. The van der Waals surface area contributed by atoms with Gasteiger partial charge in [0.1, 0.15) is 0 Å². The van der Waals surface area contributed by atoms with E-state index in [2.05, 4.69) is 20.0 Å². The van der Waals surface area contributed by atoms with Crippen LogP contribution in [0.5, 0.6) is 0 Å². The van der Waals surface area contributed by atoms with Gasteiger partial charge >= 0.3 is 0 Å². The number of fused-ring (bicyclic) bond motifs is 1. The zero-order valence-electron chi connectivity index (χ0n) is 15.9. The Hall–Kier alpha value is -2.51. The Balaban J connectivity index is 1.86. The van der Waals surface area contributed by atoms with E-state index in [1.807, 2.05) is 45.9 Å². The third-order valence-electron chi connectivity index (χ3n) is 4.07. The molecule has 0 aliphatic heterocycles. The van der Waals surface area contributed by atoms with Crippen LogP contribution in [0.1, 0.15) is 25.2 Å². The summed E-state index contributed by atoms with van der Waals surface area (Å²) in [5, 5.41) is 4.26. The number of nitrogens with zero attached hydrogens (tertiary/aromatic N) is 2. The fraction of sp³-hybridized carbons (Fsp3) is 0.300. The highest BCUT2D eigenvalue weighted by molar-refractivity contribution is 7.89. The number of anilines is 2. The molecule has 0 atom stereocenters. The normalized spacial score (nSPS) is 11.9. The second-order valence-corrected chi connectivity index (χ2v) is 8.80. The van der Waals surface area contributed by atoms with Crippen LogP contribution in [0.2, 0.25) is 0 Å². The largest absolute Gasteiger partial charge is 0.355 e. The van der Waals surface area contributed by atoms with Gasteiger partial charge in [0.25, 0.3) is 0 Å². The lowest BCUT2D eigenvalue weighted by molar-refractivity contribution is 0.560. The zero-order valence-corrected chi connectivity index (χ0v) is 16.8. The van der Waals surface area contributed by atoms with E-state index < -0.39 is 10.0 Å². The maximum Gasteiger partial charge on any atom is 0.240 e. The van der Waals surface area contributed by atoms with Crippen molar-refractivity contribution in [1.29, 1.82) is 0 Å². The van der Waals surface area contributed by atoms with Crippen LogP contribution < -0.4 is 10.0 Å². The van der Waals surface area contributed by atoms with Crippen LogP contribution in [0.15, 0.2) is 47.4 Å². The molecule has 142 valence electrons. The van der Waals surface area contributed by atoms with Crippen molar-refractivity contribution in [2.24, 2.45) is 5.92 Å². The van der Waals surface area contributed by atoms with Crippen LogP contribution in [0, 0.1) is 19.8 Å². The van der Waals surface area contributed by atoms with Crippen LogP contribution in [0.25, 0.3) is 11.0 Å². The van der Waals surface area contributed by atoms with Gasteiger partial charge in [-0.1, -0.05) is 13.8 Å². The van der Waals surface area contributed by atoms with E-state index in [1.54, 1.807) is 24.3 Å². The molecule has 0 bridgehead atoms. The van der Waals surface area contributed by atoms with Crippen molar-refractivity contribution in [3.63, 3.8) is 0 Å². The zero-order chi connectivity index (χ0) is 19.6. The topological polar surface area (TPSA) is 84.0 Å². The smallest absolute Gasteiger partial charge is 0.240 e. The lowest BCUT2D eigenvalue weighted by Gasteiger charge is -2.12. The average Bonchev–Trinajstić information content (AvgIpc) is 2.60. The summed E-state index contributed by atoms with van der Waals surface area (Å²) in [6.07, 6.45) is 0. The Labute approximate surface area is 160 Å². The van der Waals surface area contributed by atoms with Gasteiger partial charge in [-0.25, -0.2) is 23.1 Å². The third-order valence-corrected chi connectivity index (χ3v) is 5.50. The monoisotopic (exact) mass is 384 g/mol. The highest BCUT2D eigenvalue weighted by atomic mass is 32.2. The molecule has 0 aliphatic carbocycles. The van der Waals surface area contributed by atoms with E-state index in [0.717, 1.165) is 28.1 Å². The number of sulfonamides is 1. The standard InChI is InChI=1S/C20H24N4O2S/c1-13(2)12-21-27(25,26)17-8-6-16(7-9-17)24-19-11-15(4)23-20-18(19)10-5-14(3)22-20/h5-11,13,21H,12H2,1-4H3,(H,22,23,24). The highest BCUT2D eigenvalue weighted by Crippen LogP contribution is 2.26. The molecule has 7 heteroatoms. The number of benzene rings is 1. The van der Waals surface area contributed by atoms with Gasteiger partial charge in [0.2, 0.25) is 10.0 Å². The van der Waals surface area contributed by atoms with Gasteiger partial charge in [0.15, 0.2) is 5.65 Å². The summed E-state index contributed by atoms with van der Waals surface area (Å²) < 4.78 is 27.2. The predicted molar refractivity (Wildman–Crippen MR) is 109 cm³/mol. The fourth-order valence-corrected chi connectivity index (χ4v) is 3.87. The Morgan fingerprint density at radius 3 is 2.30 bits per heavy atom. The number of aryl methyl sites for hydroxylation is 2. The van der Waals surface area contributed by atoms with E-state index in [1.165, 1.54) is 0 Å². The first kappa shape index (κ1) is 19.3. The predicted octanol–water partition coefficient (Wildman–Crippen LogP) is 3.92. The van der Waals surface area contributed by atoms with E-state index in [4.69, 9.17) is 0 Å². The van der Waals surface area contributed by atoms with E-state index >= 15 is 0 Å². The molecule has 0 aliphatic rings. The molecule has 0 saturated carbocycles. The van der Waals surface area contributed by atoms with Crippen molar-refractivity contribution in [2.75, 3.05) is 11.9 Å². The summed E-state index contributed by atoms with van der Waals surface area (Å²) in [6, 6.07) is 12.6. The average molecular weight is 385 g/mol. The Morgan fingerprint density at radius 2 is 1.63 bits per heavy atom. The molecule has 2 aromatic heterocycles. The van der Waals surface area contributed by atoms with Crippen LogP contribution in [-0.2, 0) is 10.0 Å². The molecule has 0 fully saturated rings. The molecule has 0 spiro atoms. The molecular weight excluding hydrogens is 360 g/mol. The van der Waals surface area contributed by atoms with Gasteiger partial charge in [-0.15, -0.1) is 0 Å². The Kier molecular flexibility index (Phi) is 5.43. The SMILES string of the molecule is Cc1ccc2c(Nc3ccc(S(=O)(=O)NCC(C)C)cc3)cc(C)nc2n1. The van der Waals surface area contributed by atoms with Crippen molar-refractivity contribution in [2.45, 2.75) is 32.6 Å². The lowest BCUT2D eigenvalue weighted by atomic mass is 10.2. The summed E-state index contributed by atoms with van der Waals surface area (Å²) in [5.41, 5.74) is 4.15. The molecule has 6 nitrogen and oxygen atoms in total. The quantitative estimate of drug-likeness (QED) is 0.673. The summed E-state index contributed by atoms with van der Waals surface area (Å²) in [7, 11) is -3.49. The van der Waals surface area contributed by atoms with Crippen molar-refractivity contribution in [3.05, 3.63) is 53.9 Å². The molecule has 1 aromatic carbocycles. The van der Waals surface area contributed by atoms with Gasteiger partial charge in [0, 0.05) is 29.0 Å². The molecule has 0 unspecified atom stereocenters. The molecule has 3 aromatic rings. The minimum atomic E-state index is -3.49. The number of aromatic nitrogens is 2. The van der Waals surface area contributed by atoms with E-state index in [-0.39, 0.29) is 10.8 Å². The molecule has 2 N–H and O–H groups in total. The van der Waals surface area contributed by atoms with Gasteiger partial charge in [-0.3, -0.25) is 0 Å². The van der Waals surface area contributed by atoms with Crippen molar-refractivity contribution >= 4 is 32.4 Å². The van der Waals surface area contributed by atoms with Gasteiger partial charge in [-0.05, 0) is 62.2 Å².